The monoisotopic (exact) mass is 625 g/mol. The molecular weight excluding hydrogens is 607 g/mol. The fraction of sp³-hybridized carbons (Fsp3) is 0.292. The van der Waals surface area contributed by atoms with E-state index in [-0.39, 0.29) is 17.7 Å². The van der Waals surface area contributed by atoms with Gasteiger partial charge >= 0.3 is 12.8 Å². The number of hydrogen-bond donors (Lipinski definition) is 1. The summed E-state index contributed by atoms with van der Waals surface area (Å²) < 4.78 is 155. The zero-order chi connectivity index (χ0) is 30.5. The Labute approximate surface area is 229 Å². The number of aryl methyl sites for hydroxylation is 1. The van der Waals surface area contributed by atoms with E-state index in [0.29, 0.717) is 15.7 Å². The molecule has 4 rings (SSSR count). The third-order valence-electron chi connectivity index (χ3n) is 6.52. The van der Waals surface area contributed by atoms with Crippen LogP contribution in [0.25, 0.3) is 0 Å². The minimum atomic E-state index is -5.11. The number of nitrogens with zero attached hydrogens (tertiary/aromatic N) is 2. The largest absolute Gasteiger partial charge is 0.432 e. The summed E-state index contributed by atoms with van der Waals surface area (Å²) in [6.45, 7) is -1.88. The standard InChI is InChI=1S/C24H18F7N3O5S2/c1-13-2-4-14(5-3-13)41(37,38)34-11-21(15-6-7-23(12-32,10-19(15)34)24(29,30)31)40(35,36)33-18-8-17(26)20(9-16(18)25)39-22(27)28/h2-5,8-9,11,22,33H,6-7,10H2,1H3/t23-/m1/s1. The number of aromatic nitrogens is 1. The molecule has 8 nitrogen and oxygen atoms in total. The van der Waals surface area contributed by atoms with Crippen LogP contribution in [-0.4, -0.2) is 33.6 Å². The molecular formula is C24H18F7N3O5S2. The van der Waals surface area contributed by atoms with E-state index >= 15 is 0 Å². The van der Waals surface area contributed by atoms with Crippen LogP contribution in [0.15, 0.2) is 52.4 Å². The summed E-state index contributed by atoms with van der Waals surface area (Å²) in [5, 5.41) is 9.45. The van der Waals surface area contributed by atoms with Gasteiger partial charge in [-0.3, -0.25) is 4.72 Å². The number of ether oxygens (including phenoxy) is 1. The molecule has 0 fully saturated rings. The van der Waals surface area contributed by atoms with E-state index in [1.54, 1.807) is 11.6 Å². The molecule has 3 aromatic rings. The van der Waals surface area contributed by atoms with Crippen LogP contribution < -0.4 is 9.46 Å². The van der Waals surface area contributed by atoms with E-state index in [9.17, 15) is 52.8 Å². The average molecular weight is 626 g/mol. The highest BCUT2D eigenvalue weighted by Crippen LogP contribution is 2.49. The van der Waals surface area contributed by atoms with Crippen LogP contribution in [-0.2, 0) is 32.9 Å². The van der Waals surface area contributed by atoms with Gasteiger partial charge in [0.25, 0.3) is 20.0 Å². The van der Waals surface area contributed by atoms with Gasteiger partial charge in [0.15, 0.2) is 22.8 Å². The van der Waals surface area contributed by atoms with E-state index < -0.39 is 96.1 Å². The van der Waals surface area contributed by atoms with Crippen molar-refractivity contribution in [2.45, 2.75) is 48.8 Å². The first-order valence-corrected chi connectivity index (χ1v) is 14.3. The number of anilines is 1. The number of nitriles is 1. The number of hydrogen-bond acceptors (Lipinski definition) is 6. The molecule has 1 aliphatic carbocycles. The summed E-state index contributed by atoms with van der Waals surface area (Å²) in [6.07, 6.45) is -7.44. The third kappa shape index (κ3) is 5.45. The topological polar surface area (TPSA) is 118 Å². The van der Waals surface area contributed by atoms with Crippen LogP contribution in [0.3, 0.4) is 0 Å². The first-order valence-electron chi connectivity index (χ1n) is 11.4. The molecule has 2 aromatic carbocycles. The SMILES string of the molecule is Cc1ccc(S(=O)(=O)n2cc(S(=O)(=O)Nc3cc(F)c(OC(F)F)cc3F)c3c2C[C@](C#N)(C(F)(F)F)CC3)cc1. The molecule has 0 radical (unpaired) electrons. The second-order valence-electron chi connectivity index (χ2n) is 9.15. The van der Waals surface area contributed by atoms with Crippen molar-refractivity contribution in [3.8, 4) is 11.8 Å². The zero-order valence-corrected chi connectivity index (χ0v) is 22.3. The second-order valence-corrected chi connectivity index (χ2v) is 12.6. The summed E-state index contributed by atoms with van der Waals surface area (Å²) >= 11 is 0. The van der Waals surface area contributed by atoms with Gasteiger partial charge < -0.3 is 4.74 Å². The summed E-state index contributed by atoms with van der Waals surface area (Å²) in [6, 6.07) is 6.62. The molecule has 1 aliphatic rings. The van der Waals surface area contributed by atoms with Gasteiger partial charge in [-0.1, -0.05) is 17.7 Å². The lowest BCUT2D eigenvalue weighted by Crippen LogP contribution is -2.42. The lowest BCUT2D eigenvalue weighted by molar-refractivity contribution is -0.206. The van der Waals surface area contributed by atoms with Crippen molar-refractivity contribution >= 4 is 25.7 Å². The highest BCUT2D eigenvalue weighted by Gasteiger charge is 2.58. The number of sulfonamides is 1. The predicted octanol–water partition coefficient (Wildman–Crippen LogP) is 5.27. The molecule has 0 saturated heterocycles. The number of halogens is 7. The molecule has 41 heavy (non-hydrogen) atoms. The minimum absolute atomic E-state index is 0.145. The maximum atomic E-state index is 14.5. The first kappa shape index (κ1) is 30.2. The molecule has 1 heterocycles. The van der Waals surface area contributed by atoms with Gasteiger partial charge in [0.1, 0.15) is 4.90 Å². The van der Waals surface area contributed by atoms with Crippen LogP contribution in [0.1, 0.15) is 23.2 Å². The van der Waals surface area contributed by atoms with Gasteiger partial charge in [-0.05, 0) is 37.5 Å². The van der Waals surface area contributed by atoms with Crippen molar-refractivity contribution in [3.63, 3.8) is 0 Å². The van der Waals surface area contributed by atoms with Crippen molar-refractivity contribution in [1.82, 2.24) is 3.97 Å². The number of alkyl halides is 5. The Kier molecular flexibility index (Phi) is 7.54. The van der Waals surface area contributed by atoms with Crippen molar-refractivity contribution in [1.29, 1.82) is 5.26 Å². The molecule has 0 aliphatic heterocycles. The van der Waals surface area contributed by atoms with E-state index in [1.165, 1.54) is 18.2 Å². The van der Waals surface area contributed by atoms with Gasteiger partial charge in [-0.2, -0.15) is 27.2 Å². The predicted molar refractivity (Wildman–Crippen MR) is 128 cm³/mol. The van der Waals surface area contributed by atoms with Gasteiger partial charge in [-0.25, -0.2) is 29.6 Å². The van der Waals surface area contributed by atoms with Crippen molar-refractivity contribution in [2.24, 2.45) is 5.41 Å². The maximum Gasteiger partial charge on any atom is 0.407 e. The van der Waals surface area contributed by atoms with E-state index in [4.69, 9.17) is 0 Å². The number of fused-ring (bicyclic) bond motifs is 1. The number of rotatable bonds is 7. The van der Waals surface area contributed by atoms with Crippen molar-refractivity contribution in [2.75, 3.05) is 4.72 Å². The fourth-order valence-corrected chi connectivity index (χ4v) is 7.19. The maximum absolute atomic E-state index is 14.5. The van der Waals surface area contributed by atoms with Crippen LogP contribution in [0, 0.1) is 35.3 Å². The van der Waals surface area contributed by atoms with Crippen LogP contribution in [0.2, 0.25) is 0 Å². The normalized spacial score (nSPS) is 17.7. The minimum Gasteiger partial charge on any atom is -0.432 e. The number of nitrogens with one attached hydrogen (secondary N) is 1. The molecule has 220 valence electrons. The lowest BCUT2D eigenvalue weighted by Gasteiger charge is -2.33. The Morgan fingerprint density at radius 3 is 2.27 bits per heavy atom. The van der Waals surface area contributed by atoms with E-state index in [0.717, 1.165) is 12.1 Å². The van der Waals surface area contributed by atoms with Gasteiger partial charge in [0.2, 0.25) is 0 Å². The first-order chi connectivity index (χ1) is 18.9. The van der Waals surface area contributed by atoms with Gasteiger partial charge in [0, 0.05) is 30.4 Å². The summed E-state index contributed by atoms with van der Waals surface area (Å²) in [4.78, 5) is -1.27. The smallest absolute Gasteiger partial charge is 0.407 e. The molecule has 0 amide bonds. The van der Waals surface area contributed by atoms with Crippen LogP contribution in [0.5, 0.6) is 5.75 Å². The Hall–Kier alpha value is -3.78. The van der Waals surface area contributed by atoms with Crippen molar-refractivity contribution in [3.05, 3.63) is 71.1 Å². The molecule has 17 heteroatoms. The van der Waals surface area contributed by atoms with E-state index in [1.807, 2.05) is 0 Å². The molecule has 1 aromatic heterocycles. The zero-order valence-electron chi connectivity index (χ0n) is 20.6. The summed E-state index contributed by atoms with van der Waals surface area (Å²) in [7, 11) is -9.75. The highest BCUT2D eigenvalue weighted by atomic mass is 32.2. The fourth-order valence-electron chi connectivity index (χ4n) is 4.37. The van der Waals surface area contributed by atoms with Crippen LogP contribution >= 0.6 is 0 Å². The molecule has 0 saturated carbocycles. The average Bonchev–Trinajstić information content (AvgIpc) is 3.26. The van der Waals surface area contributed by atoms with Gasteiger partial charge in [0.05, 0.1) is 16.7 Å². The lowest BCUT2D eigenvalue weighted by atomic mass is 9.74. The Bertz CT molecular complexity index is 1760. The number of benzene rings is 2. The second kappa shape index (κ2) is 10.2. The molecule has 0 unspecified atom stereocenters. The molecule has 1 atom stereocenters. The highest BCUT2D eigenvalue weighted by molar-refractivity contribution is 7.93. The Morgan fingerprint density at radius 1 is 1.07 bits per heavy atom. The summed E-state index contributed by atoms with van der Waals surface area (Å²) in [5.41, 5.74) is -4.50. The molecule has 0 spiro atoms. The summed E-state index contributed by atoms with van der Waals surface area (Å²) in [5.74, 6) is -4.35. The Morgan fingerprint density at radius 2 is 1.71 bits per heavy atom. The van der Waals surface area contributed by atoms with E-state index in [2.05, 4.69) is 4.74 Å². The van der Waals surface area contributed by atoms with Crippen LogP contribution in [0.4, 0.5) is 36.4 Å². The van der Waals surface area contributed by atoms with Gasteiger partial charge in [-0.15, -0.1) is 0 Å². The third-order valence-corrected chi connectivity index (χ3v) is 9.65. The van der Waals surface area contributed by atoms with Crippen molar-refractivity contribution < 1.29 is 52.3 Å². The molecule has 0 bridgehead atoms. The molecule has 1 N–H and O–H groups in total. The Balaban J connectivity index is 1.88. The quantitative estimate of drug-likeness (QED) is 0.358.